The molecule has 1 aliphatic heterocycles. The first-order chi connectivity index (χ1) is 9.56. The Hall–Kier alpha value is -0.950. The molecule has 0 spiro atoms. The van der Waals surface area contributed by atoms with Crippen molar-refractivity contribution in [1.29, 1.82) is 0 Å². The van der Waals surface area contributed by atoms with Crippen LogP contribution in [0.5, 0.6) is 0 Å². The predicted octanol–water partition coefficient (Wildman–Crippen LogP) is 1.69. The molecule has 1 aromatic rings. The van der Waals surface area contributed by atoms with E-state index in [1.54, 1.807) is 6.26 Å². The van der Waals surface area contributed by atoms with E-state index in [1.807, 2.05) is 6.92 Å². The van der Waals surface area contributed by atoms with Gasteiger partial charge in [-0.15, -0.1) is 0 Å². The topological polar surface area (TPSA) is 71.0 Å². The van der Waals surface area contributed by atoms with E-state index in [0.29, 0.717) is 18.4 Å². The lowest BCUT2D eigenvalue weighted by Crippen LogP contribution is -2.22. The molecule has 1 aromatic heterocycles. The summed E-state index contributed by atoms with van der Waals surface area (Å²) >= 11 is 5.94. The van der Waals surface area contributed by atoms with Gasteiger partial charge in [0, 0.05) is 41.9 Å². The molecule has 112 valence electrons. The molecule has 2 atom stereocenters. The standard InChI is InChI=1S/C12H20ClN5OS/c1-9(20(2)19)5-6-14-11-15-10(13)16-12(17-11)18-7-3-4-8-18/h9H,3-8H2,1-2H3,(H,14,15,16,17). The summed E-state index contributed by atoms with van der Waals surface area (Å²) in [6.07, 6.45) is 4.83. The van der Waals surface area contributed by atoms with Crippen molar-refractivity contribution in [1.82, 2.24) is 15.0 Å². The molecule has 1 aliphatic rings. The molecule has 0 bridgehead atoms. The first-order valence-electron chi connectivity index (χ1n) is 6.79. The molecule has 1 N–H and O–H groups in total. The minimum absolute atomic E-state index is 0.151. The molecule has 1 saturated heterocycles. The van der Waals surface area contributed by atoms with Crippen LogP contribution in [-0.4, -0.2) is 50.3 Å². The number of nitrogens with one attached hydrogen (secondary N) is 1. The summed E-state index contributed by atoms with van der Waals surface area (Å²) < 4.78 is 11.3. The third-order valence-corrected chi connectivity index (χ3v) is 4.92. The molecule has 20 heavy (non-hydrogen) atoms. The fourth-order valence-electron chi connectivity index (χ4n) is 2.03. The van der Waals surface area contributed by atoms with Crippen LogP contribution in [0.25, 0.3) is 0 Å². The van der Waals surface area contributed by atoms with Crippen molar-refractivity contribution in [2.75, 3.05) is 36.1 Å². The van der Waals surface area contributed by atoms with Gasteiger partial charge in [0.15, 0.2) is 0 Å². The number of nitrogens with zero attached hydrogens (tertiary/aromatic N) is 4. The molecular weight excluding hydrogens is 298 g/mol. The van der Waals surface area contributed by atoms with Crippen molar-refractivity contribution in [3.8, 4) is 0 Å². The van der Waals surface area contributed by atoms with Gasteiger partial charge in [0.1, 0.15) is 0 Å². The third-order valence-electron chi connectivity index (χ3n) is 3.39. The van der Waals surface area contributed by atoms with E-state index in [2.05, 4.69) is 25.2 Å². The van der Waals surface area contributed by atoms with E-state index in [4.69, 9.17) is 11.6 Å². The van der Waals surface area contributed by atoms with E-state index < -0.39 is 10.8 Å². The van der Waals surface area contributed by atoms with Crippen molar-refractivity contribution < 1.29 is 4.21 Å². The van der Waals surface area contributed by atoms with E-state index in [-0.39, 0.29) is 10.5 Å². The molecule has 6 nitrogen and oxygen atoms in total. The van der Waals surface area contributed by atoms with Crippen molar-refractivity contribution in [3.05, 3.63) is 5.28 Å². The zero-order chi connectivity index (χ0) is 14.5. The number of aromatic nitrogens is 3. The van der Waals surface area contributed by atoms with Crippen LogP contribution in [0.4, 0.5) is 11.9 Å². The lowest BCUT2D eigenvalue weighted by molar-refractivity contribution is 0.672. The van der Waals surface area contributed by atoms with Gasteiger partial charge in [-0.2, -0.15) is 15.0 Å². The molecule has 2 heterocycles. The molecule has 0 aromatic carbocycles. The molecule has 1 fully saturated rings. The maximum Gasteiger partial charge on any atom is 0.231 e. The minimum atomic E-state index is -0.806. The van der Waals surface area contributed by atoms with Crippen molar-refractivity contribution >= 4 is 34.3 Å². The fraction of sp³-hybridized carbons (Fsp3) is 0.750. The monoisotopic (exact) mass is 317 g/mol. The Bertz CT molecular complexity index is 481. The molecule has 2 rings (SSSR count). The summed E-state index contributed by atoms with van der Waals surface area (Å²) in [5, 5.41) is 3.48. The summed E-state index contributed by atoms with van der Waals surface area (Å²) in [5.41, 5.74) is 0. The van der Waals surface area contributed by atoms with E-state index in [1.165, 1.54) is 0 Å². The Morgan fingerprint density at radius 3 is 2.70 bits per heavy atom. The van der Waals surface area contributed by atoms with Gasteiger partial charge in [-0.3, -0.25) is 4.21 Å². The number of rotatable bonds is 6. The zero-order valence-corrected chi connectivity index (χ0v) is 13.4. The Morgan fingerprint density at radius 1 is 1.35 bits per heavy atom. The molecule has 8 heteroatoms. The van der Waals surface area contributed by atoms with E-state index >= 15 is 0 Å². The average Bonchev–Trinajstić information content (AvgIpc) is 2.91. The van der Waals surface area contributed by atoms with Crippen molar-refractivity contribution in [3.63, 3.8) is 0 Å². The molecular formula is C12H20ClN5OS. The zero-order valence-electron chi connectivity index (χ0n) is 11.8. The highest BCUT2D eigenvalue weighted by Crippen LogP contribution is 2.18. The number of hydrogen-bond acceptors (Lipinski definition) is 6. The number of hydrogen-bond donors (Lipinski definition) is 1. The Morgan fingerprint density at radius 2 is 2.05 bits per heavy atom. The van der Waals surface area contributed by atoms with Gasteiger partial charge < -0.3 is 10.2 Å². The predicted molar refractivity (Wildman–Crippen MR) is 82.9 cm³/mol. The van der Waals surface area contributed by atoms with Crippen LogP contribution < -0.4 is 10.2 Å². The normalized spacial score (nSPS) is 18.1. The number of anilines is 2. The summed E-state index contributed by atoms with van der Waals surface area (Å²) in [4.78, 5) is 14.7. The summed E-state index contributed by atoms with van der Waals surface area (Å²) in [6, 6.07) is 0. The second-order valence-electron chi connectivity index (χ2n) is 4.95. The largest absolute Gasteiger partial charge is 0.354 e. The number of halogens is 1. The smallest absolute Gasteiger partial charge is 0.231 e. The van der Waals surface area contributed by atoms with Crippen LogP contribution in [0.1, 0.15) is 26.2 Å². The van der Waals surface area contributed by atoms with Crippen LogP contribution in [0, 0.1) is 0 Å². The first-order valence-corrected chi connectivity index (χ1v) is 8.79. The van der Waals surface area contributed by atoms with Gasteiger partial charge in [-0.25, -0.2) is 0 Å². The molecule has 0 saturated carbocycles. The van der Waals surface area contributed by atoms with Gasteiger partial charge >= 0.3 is 0 Å². The third kappa shape index (κ3) is 4.28. The van der Waals surface area contributed by atoms with Gasteiger partial charge in [0.25, 0.3) is 0 Å². The fourth-order valence-corrected chi connectivity index (χ4v) is 2.64. The van der Waals surface area contributed by atoms with Gasteiger partial charge in [-0.05, 0) is 30.9 Å². The minimum Gasteiger partial charge on any atom is -0.354 e. The van der Waals surface area contributed by atoms with Crippen LogP contribution in [0.15, 0.2) is 0 Å². The van der Waals surface area contributed by atoms with Crippen LogP contribution in [0.3, 0.4) is 0 Å². The van der Waals surface area contributed by atoms with Crippen LogP contribution >= 0.6 is 11.6 Å². The van der Waals surface area contributed by atoms with Crippen molar-refractivity contribution in [2.24, 2.45) is 0 Å². The molecule has 0 amide bonds. The second kappa shape index (κ2) is 7.17. The maximum absolute atomic E-state index is 11.3. The quantitative estimate of drug-likeness (QED) is 0.861. The van der Waals surface area contributed by atoms with Crippen LogP contribution in [0.2, 0.25) is 5.28 Å². The molecule has 2 unspecified atom stereocenters. The first kappa shape index (κ1) is 15.4. The highest BCUT2D eigenvalue weighted by atomic mass is 35.5. The highest BCUT2D eigenvalue weighted by Gasteiger charge is 2.17. The average molecular weight is 318 g/mol. The van der Waals surface area contributed by atoms with Crippen molar-refractivity contribution in [2.45, 2.75) is 31.4 Å². The van der Waals surface area contributed by atoms with E-state index in [9.17, 15) is 4.21 Å². The maximum atomic E-state index is 11.3. The van der Waals surface area contributed by atoms with Crippen LogP contribution in [-0.2, 0) is 10.8 Å². The second-order valence-corrected chi connectivity index (χ2v) is 7.09. The Kier molecular flexibility index (Phi) is 5.54. The molecule has 0 aliphatic carbocycles. The summed E-state index contributed by atoms with van der Waals surface area (Å²) in [7, 11) is -0.806. The lowest BCUT2D eigenvalue weighted by atomic mass is 10.3. The Labute approximate surface area is 126 Å². The Balaban J connectivity index is 1.95. The summed E-state index contributed by atoms with van der Waals surface area (Å²) in [5.74, 6) is 1.12. The lowest BCUT2D eigenvalue weighted by Gasteiger charge is -2.16. The van der Waals surface area contributed by atoms with E-state index in [0.717, 1.165) is 32.4 Å². The molecule has 0 radical (unpaired) electrons. The SMILES string of the molecule is CC(CCNc1nc(Cl)nc(N2CCCC2)n1)S(C)=O. The van der Waals surface area contributed by atoms with Gasteiger partial charge in [-0.1, -0.05) is 6.92 Å². The van der Waals surface area contributed by atoms with Gasteiger partial charge in [0.2, 0.25) is 17.2 Å². The van der Waals surface area contributed by atoms with Gasteiger partial charge in [0.05, 0.1) is 0 Å². The summed E-state index contributed by atoms with van der Waals surface area (Å²) in [6.45, 7) is 4.56. The highest BCUT2D eigenvalue weighted by molar-refractivity contribution is 7.84.